The maximum absolute atomic E-state index is 14.0. The van der Waals surface area contributed by atoms with Gasteiger partial charge in [-0.15, -0.1) is 0 Å². The molecule has 4 atom stereocenters. The molecule has 0 aromatic heterocycles. The average Bonchev–Trinajstić information content (AvgIpc) is 3.13. The maximum Gasteiger partial charge on any atom is 1.00 e. The fourth-order valence-electron chi connectivity index (χ4n) is 5.94. The Morgan fingerprint density at radius 2 is 1.62 bits per heavy atom. The first-order chi connectivity index (χ1) is 22.8. The number of nitrogens with one attached hydrogen (secondary N) is 3. The third-order valence-electron chi connectivity index (χ3n) is 8.30. The SMILES string of the molecule is CCN1CCN(C(=O)NC(C(=O)N[C@H]2C(=O)N3[C@@H](C(=O)[O-])C(C)(C)S(=O)(=O)C23NC=O)c2ccc(OC(C)=O)c(OC(C)=O)c2)C(=O)C1=O.[Na+]. The van der Waals surface area contributed by atoms with Crippen molar-refractivity contribution in [2.75, 3.05) is 19.6 Å². The van der Waals surface area contributed by atoms with Crippen molar-refractivity contribution in [1.29, 1.82) is 0 Å². The molecular formula is C28H31N6NaO14S. The van der Waals surface area contributed by atoms with Crippen LogP contribution in [0.2, 0.25) is 0 Å². The van der Waals surface area contributed by atoms with Gasteiger partial charge in [-0.05, 0) is 38.5 Å². The van der Waals surface area contributed by atoms with Gasteiger partial charge in [0, 0.05) is 33.5 Å². The average molecular weight is 731 g/mol. The Morgan fingerprint density at radius 3 is 2.16 bits per heavy atom. The summed E-state index contributed by atoms with van der Waals surface area (Å²) in [7, 11) is -4.86. The summed E-state index contributed by atoms with van der Waals surface area (Å²) >= 11 is 0. The number of fused-ring (bicyclic) bond motifs is 1. The monoisotopic (exact) mass is 730 g/mol. The van der Waals surface area contributed by atoms with Crippen LogP contribution in [0.4, 0.5) is 4.79 Å². The molecule has 3 fully saturated rings. The van der Waals surface area contributed by atoms with Gasteiger partial charge in [0.2, 0.25) is 22.2 Å². The number of carboxylic acids is 1. The number of urea groups is 1. The number of carbonyl (C=O) groups is 9. The predicted molar refractivity (Wildman–Crippen MR) is 157 cm³/mol. The van der Waals surface area contributed by atoms with E-state index in [0.717, 1.165) is 45.9 Å². The van der Waals surface area contributed by atoms with Gasteiger partial charge in [-0.3, -0.25) is 43.4 Å². The minimum absolute atomic E-state index is 0. The Morgan fingerprint density at radius 1 is 1.02 bits per heavy atom. The van der Waals surface area contributed by atoms with E-state index in [4.69, 9.17) is 9.47 Å². The van der Waals surface area contributed by atoms with E-state index in [1.807, 2.05) is 5.32 Å². The first-order valence-corrected chi connectivity index (χ1v) is 16.0. The van der Waals surface area contributed by atoms with Crippen molar-refractivity contribution in [3.63, 3.8) is 0 Å². The number of piperazine rings is 1. The van der Waals surface area contributed by atoms with Crippen molar-refractivity contribution in [3.8, 4) is 11.5 Å². The minimum Gasteiger partial charge on any atom is -0.548 e. The molecule has 3 aliphatic heterocycles. The number of ether oxygens (including phenoxy) is 2. The molecule has 20 nitrogen and oxygen atoms in total. The Balaban J connectivity index is 0.00000676. The summed E-state index contributed by atoms with van der Waals surface area (Å²) in [4.78, 5) is 112. The van der Waals surface area contributed by atoms with Crippen LogP contribution in [-0.4, -0.2) is 119 Å². The van der Waals surface area contributed by atoms with Crippen LogP contribution in [0.3, 0.4) is 0 Å². The van der Waals surface area contributed by atoms with E-state index in [1.54, 1.807) is 6.92 Å². The molecule has 1 aromatic carbocycles. The number of hydrogen-bond acceptors (Lipinski definition) is 14. The summed E-state index contributed by atoms with van der Waals surface area (Å²) in [5, 5.41) is 18.4. The van der Waals surface area contributed by atoms with Crippen LogP contribution >= 0.6 is 0 Å². The van der Waals surface area contributed by atoms with E-state index in [0.29, 0.717) is 9.80 Å². The number of hydrogen-bond donors (Lipinski definition) is 3. The van der Waals surface area contributed by atoms with Gasteiger partial charge in [0.25, 0.3) is 10.9 Å². The summed E-state index contributed by atoms with van der Waals surface area (Å²) in [5.41, 5.74) is -0.243. The standard InChI is InChI=1S/C28H32N6O14S.Na/c1-6-32-9-10-33(24(41)23(32)40)26(44)30-18(15-7-8-16(47-13(2)36)17(11-15)48-14(3)37)21(38)31-19-22(39)34-20(25(42)43)27(4,5)49(45,46)28(19,34)29-12-35;/h7-8,11-12,18-20H,6,9-10H2,1-5H3,(H,29,35)(H,30,44)(H,31,38)(H,42,43);/q;+1/p-1/t18?,19-,20-,28?;/m0./s1. The summed E-state index contributed by atoms with van der Waals surface area (Å²) in [5.74, 6) is -9.23. The number of aliphatic carboxylic acids is 1. The fraction of sp³-hybridized carbons (Fsp3) is 0.464. The molecular weight excluding hydrogens is 699 g/mol. The number of β-lactam (4-membered cyclic amide) rings is 1. The van der Waals surface area contributed by atoms with E-state index in [2.05, 4.69) is 10.6 Å². The van der Waals surface area contributed by atoms with E-state index in [-0.39, 0.29) is 66.9 Å². The number of benzene rings is 1. The van der Waals surface area contributed by atoms with Crippen molar-refractivity contribution in [2.24, 2.45) is 0 Å². The van der Waals surface area contributed by atoms with Crippen LogP contribution in [0.15, 0.2) is 18.2 Å². The molecule has 50 heavy (non-hydrogen) atoms. The maximum atomic E-state index is 14.0. The first-order valence-electron chi connectivity index (χ1n) is 14.5. The number of esters is 2. The van der Waals surface area contributed by atoms with Crippen LogP contribution in [0, 0.1) is 0 Å². The molecule has 7 amide bonds. The van der Waals surface area contributed by atoms with E-state index in [1.165, 1.54) is 4.90 Å². The zero-order valence-electron chi connectivity index (χ0n) is 27.6. The number of rotatable bonds is 10. The van der Waals surface area contributed by atoms with Crippen molar-refractivity contribution in [1.82, 2.24) is 30.7 Å². The van der Waals surface area contributed by atoms with E-state index >= 15 is 0 Å². The number of amides is 7. The number of sulfone groups is 1. The number of nitrogens with zero attached hydrogens (tertiary/aromatic N) is 3. The van der Waals surface area contributed by atoms with Gasteiger partial charge in [0.1, 0.15) is 6.04 Å². The molecule has 4 rings (SSSR count). The molecule has 0 spiro atoms. The second-order valence-corrected chi connectivity index (χ2v) is 14.2. The van der Waals surface area contributed by atoms with Gasteiger partial charge in [0.05, 0.1) is 16.8 Å². The fourth-order valence-corrected chi connectivity index (χ4v) is 8.37. The molecule has 3 aliphatic rings. The Bertz CT molecular complexity index is 1800. The molecule has 22 heteroatoms. The van der Waals surface area contributed by atoms with Gasteiger partial charge >= 0.3 is 59.3 Å². The zero-order chi connectivity index (χ0) is 36.8. The topological polar surface area (TPSA) is 275 Å². The van der Waals surface area contributed by atoms with Crippen molar-refractivity contribution in [2.45, 2.75) is 62.5 Å². The van der Waals surface area contributed by atoms with E-state index < -0.39 is 91.0 Å². The van der Waals surface area contributed by atoms with Crippen LogP contribution in [-0.2, 0) is 48.2 Å². The van der Waals surface area contributed by atoms with Gasteiger partial charge in [-0.2, -0.15) is 0 Å². The van der Waals surface area contributed by atoms with Gasteiger partial charge in [-0.25, -0.2) is 13.2 Å². The molecule has 3 saturated heterocycles. The molecule has 264 valence electrons. The van der Waals surface area contributed by atoms with Crippen LogP contribution in [0.1, 0.15) is 46.2 Å². The molecule has 3 heterocycles. The van der Waals surface area contributed by atoms with Crippen molar-refractivity contribution < 1.29 is 95.7 Å². The smallest absolute Gasteiger partial charge is 0.548 e. The molecule has 0 bridgehead atoms. The van der Waals surface area contributed by atoms with Gasteiger partial charge in [0.15, 0.2) is 17.5 Å². The zero-order valence-corrected chi connectivity index (χ0v) is 30.4. The summed E-state index contributed by atoms with van der Waals surface area (Å²) < 4.78 is 35.4. The molecule has 1 aromatic rings. The number of likely N-dealkylation sites (N-methyl/N-ethyl adjacent to an activating group) is 1. The van der Waals surface area contributed by atoms with Gasteiger partial charge < -0.3 is 40.2 Å². The minimum atomic E-state index is -4.86. The first kappa shape index (κ1) is 39.8. The molecule has 2 unspecified atom stereocenters. The van der Waals surface area contributed by atoms with E-state index in [9.17, 15) is 56.7 Å². The number of carbonyl (C=O) groups excluding carboxylic acids is 9. The second kappa shape index (κ2) is 14.3. The quantitative estimate of drug-likeness (QED) is 0.0504. The molecule has 0 radical (unpaired) electrons. The number of carboxylic acid groups (broad SMARTS) is 1. The molecule has 3 N–H and O–H groups in total. The van der Waals surface area contributed by atoms with Crippen LogP contribution in [0.5, 0.6) is 11.5 Å². The van der Waals surface area contributed by atoms with Crippen molar-refractivity contribution >= 4 is 63.8 Å². The summed E-state index contributed by atoms with van der Waals surface area (Å²) in [6.07, 6.45) is -0.110. The second-order valence-electron chi connectivity index (χ2n) is 11.6. The third-order valence-corrected chi connectivity index (χ3v) is 11.3. The largest absolute Gasteiger partial charge is 1.00 e. The summed E-state index contributed by atoms with van der Waals surface area (Å²) in [6, 6.07) is -4.30. The number of imide groups is 1. The van der Waals surface area contributed by atoms with Gasteiger partial charge in [-0.1, -0.05) is 6.07 Å². The van der Waals surface area contributed by atoms with Crippen molar-refractivity contribution in [3.05, 3.63) is 23.8 Å². The normalized spacial score (nSPS) is 23.7. The molecule has 0 saturated carbocycles. The third kappa shape index (κ3) is 6.29. The van der Waals surface area contributed by atoms with Crippen LogP contribution < -0.4 is 60.1 Å². The van der Waals surface area contributed by atoms with Crippen LogP contribution in [0.25, 0.3) is 0 Å². The Hall–Kier alpha value is -4.60. The predicted octanol–water partition coefficient (Wildman–Crippen LogP) is -6.97. The molecule has 0 aliphatic carbocycles. The Labute approximate surface area is 306 Å². The summed E-state index contributed by atoms with van der Waals surface area (Å²) in [6.45, 7) is 5.47. The Kier molecular flexibility index (Phi) is 11.4.